The van der Waals surface area contributed by atoms with Gasteiger partial charge in [0.05, 0.1) is 12.3 Å². The predicted octanol–water partition coefficient (Wildman–Crippen LogP) is -0.747. The van der Waals surface area contributed by atoms with Crippen molar-refractivity contribution in [3.8, 4) is 0 Å². The van der Waals surface area contributed by atoms with Gasteiger partial charge in [-0.25, -0.2) is 15.0 Å². The Labute approximate surface area is 152 Å². The number of aliphatic hydroxyl groups excluding tert-OH is 3. The molecule has 142 valence electrons. The fraction of sp³-hybridized carbons (Fsp3) is 0.312. The van der Waals surface area contributed by atoms with Crippen LogP contribution in [-0.4, -0.2) is 65.0 Å². The molecule has 2 aromatic rings. The molecule has 4 rings (SSSR count). The van der Waals surface area contributed by atoms with Crippen molar-refractivity contribution >= 4 is 22.7 Å². The van der Waals surface area contributed by atoms with Crippen LogP contribution in [0, 0.1) is 0 Å². The summed E-state index contributed by atoms with van der Waals surface area (Å²) < 4.78 is 7.16. The van der Waals surface area contributed by atoms with E-state index < -0.39 is 31.1 Å². The Hall–Kier alpha value is -2.83. The van der Waals surface area contributed by atoms with Gasteiger partial charge in [0.15, 0.2) is 29.0 Å². The summed E-state index contributed by atoms with van der Waals surface area (Å²) in [6.07, 6.45) is 5.48. The number of rotatable bonds is 4. The van der Waals surface area contributed by atoms with Crippen molar-refractivity contribution in [1.82, 2.24) is 24.8 Å². The number of aromatic nitrogens is 4. The Morgan fingerprint density at radius 3 is 2.78 bits per heavy atom. The number of nitrogens with zero attached hydrogens (tertiary/aromatic N) is 4. The van der Waals surface area contributed by atoms with Gasteiger partial charge in [-0.15, -0.1) is 0 Å². The van der Waals surface area contributed by atoms with Crippen molar-refractivity contribution in [2.75, 3.05) is 12.1 Å². The van der Waals surface area contributed by atoms with Crippen LogP contribution in [-0.2, 0) is 4.74 Å². The maximum absolute atomic E-state index is 10.5. The van der Waals surface area contributed by atoms with Crippen LogP contribution in [0.2, 0.25) is 0 Å². The standard InChI is InChI=1S/C16H18N6O5/c23-6-9-11(24)12(25)16(27-9)22-14(8-4-2-1-3-5-17-8)20-10-13(21-26)18-7-19-15(10)22/h1-5,7,9,11-12,16-17,23-26H,6H2,(H,18,19,21)/t9-,11-,12-,16-/m1/s1. The largest absolute Gasteiger partial charge is 0.394 e. The topological polar surface area (TPSA) is 158 Å². The molecule has 4 atom stereocenters. The highest BCUT2D eigenvalue weighted by molar-refractivity contribution is 5.85. The monoisotopic (exact) mass is 374 g/mol. The fourth-order valence-corrected chi connectivity index (χ4v) is 3.11. The molecule has 6 N–H and O–H groups in total. The highest BCUT2D eigenvalue weighted by atomic mass is 16.6. The lowest BCUT2D eigenvalue weighted by atomic mass is 10.1. The van der Waals surface area contributed by atoms with E-state index in [1.165, 1.54) is 10.9 Å². The van der Waals surface area contributed by atoms with E-state index in [1.807, 2.05) is 11.6 Å². The first-order valence-corrected chi connectivity index (χ1v) is 8.21. The van der Waals surface area contributed by atoms with Crippen molar-refractivity contribution in [3.05, 3.63) is 42.7 Å². The van der Waals surface area contributed by atoms with Crippen LogP contribution >= 0.6 is 0 Å². The highest BCUT2D eigenvalue weighted by Crippen LogP contribution is 2.35. The molecule has 1 saturated heterocycles. The Morgan fingerprint density at radius 1 is 1.19 bits per heavy atom. The van der Waals surface area contributed by atoms with Gasteiger partial charge in [0.25, 0.3) is 0 Å². The zero-order valence-corrected chi connectivity index (χ0v) is 14.0. The first-order chi connectivity index (χ1) is 13.2. The van der Waals surface area contributed by atoms with Gasteiger partial charge >= 0.3 is 0 Å². The fourth-order valence-electron chi connectivity index (χ4n) is 3.11. The number of fused-ring (bicyclic) bond motifs is 1. The molecule has 0 aliphatic carbocycles. The zero-order valence-electron chi connectivity index (χ0n) is 14.0. The molecule has 11 nitrogen and oxygen atoms in total. The maximum atomic E-state index is 10.5. The second-order valence-electron chi connectivity index (χ2n) is 6.01. The van der Waals surface area contributed by atoms with Crippen LogP contribution in [0.15, 0.2) is 36.8 Å². The Balaban J connectivity index is 1.92. The van der Waals surface area contributed by atoms with Crippen LogP contribution in [0.4, 0.5) is 5.82 Å². The van der Waals surface area contributed by atoms with Crippen molar-refractivity contribution < 1.29 is 25.3 Å². The number of hydrogen-bond acceptors (Lipinski definition) is 10. The molecule has 2 aliphatic heterocycles. The number of ether oxygens (including phenoxy) is 1. The third-order valence-electron chi connectivity index (χ3n) is 4.42. The van der Waals surface area contributed by atoms with Crippen molar-refractivity contribution in [2.24, 2.45) is 0 Å². The van der Waals surface area contributed by atoms with Gasteiger partial charge in [0, 0.05) is 6.20 Å². The molecule has 0 saturated carbocycles. The second-order valence-corrected chi connectivity index (χ2v) is 6.01. The molecule has 0 unspecified atom stereocenters. The summed E-state index contributed by atoms with van der Waals surface area (Å²) in [6.45, 7) is -0.457. The van der Waals surface area contributed by atoms with E-state index in [4.69, 9.17) is 4.74 Å². The molecule has 0 amide bonds. The molecule has 1 fully saturated rings. The van der Waals surface area contributed by atoms with E-state index >= 15 is 0 Å². The minimum atomic E-state index is -1.32. The molecular weight excluding hydrogens is 356 g/mol. The zero-order chi connectivity index (χ0) is 19.0. The first kappa shape index (κ1) is 17.6. The summed E-state index contributed by atoms with van der Waals surface area (Å²) in [4.78, 5) is 12.6. The SMILES string of the molecule is OC[C@H]1O[C@@H](n2c(C3=CC=CC=CN3)nc3c(NO)ncnc32)[C@H](O)[C@@H]1O. The van der Waals surface area contributed by atoms with Gasteiger partial charge in [-0.2, -0.15) is 0 Å². The number of anilines is 1. The van der Waals surface area contributed by atoms with Crippen molar-refractivity contribution in [2.45, 2.75) is 24.5 Å². The Bertz CT molecular complexity index is 939. The lowest BCUT2D eigenvalue weighted by Gasteiger charge is -2.20. The maximum Gasteiger partial charge on any atom is 0.181 e. The quantitative estimate of drug-likeness (QED) is 0.376. The predicted molar refractivity (Wildman–Crippen MR) is 93.1 cm³/mol. The normalized spacial score (nSPS) is 27.5. The van der Waals surface area contributed by atoms with Crippen LogP contribution in [0.1, 0.15) is 12.1 Å². The van der Waals surface area contributed by atoms with Crippen LogP contribution in [0.3, 0.4) is 0 Å². The third kappa shape index (κ3) is 2.87. The molecule has 2 aliphatic rings. The number of allylic oxidation sites excluding steroid dienone is 4. The Kier molecular flexibility index (Phi) is 4.59. The molecule has 11 heteroatoms. The number of imidazole rings is 1. The van der Waals surface area contributed by atoms with E-state index in [1.54, 1.807) is 24.4 Å². The van der Waals surface area contributed by atoms with E-state index in [2.05, 4.69) is 20.3 Å². The third-order valence-corrected chi connectivity index (χ3v) is 4.42. The molecule has 0 spiro atoms. The van der Waals surface area contributed by atoms with Crippen molar-refractivity contribution in [1.29, 1.82) is 0 Å². The summed E-state index contributed by atoms with van der Waals surface area (Å²) >= 11 is 0. The Morgan fingerprint density at radius 2 is 2.04 bits per heavy atom. The lowest BCUT2D eigenvalue weighted by Crippen LogP contribution is -2.33. The molecule has 2 aromatic heterocycles. The molecule has 0 aromatic carbocycles. The van der Waals surface area contributed by atoms with Crippen LogP contribution in [0.5, 0.6) is 0 Å². The van der Waals surface area contributed by atoms with Gasteiger partial charge in [-0.1, -0.05) is 12.2 Å². The first-order valence-electron chi connectivity index (χ1n) is 8.21. The van der Waals surface area contributed by atoms with Gasteiger partial charge in [0.2, 0.25) is 0 Å². The van der Waals surface area contributed by atoms with Crippen LogP contribution in [0.25, 0.3) is 16.9 Å². The van der Waals surface area contributed by atoms with Crippen molar-refractivity contribution in [3.63, 3.8) is 0 Å². The average Bonchev–Trinajstić information content (AvgIpc) is 3.05. The lowest BCUT2D eigenvalue weighted by molar-refractivity contribution is -0.0514. The summed E-state index contributed by atoms with van der Waals surface area (Å²) in [5.74, 6) is 0.417. The molecule has 4 heterocycles. The van der Waals surface area contributed by atoms with Gasteiger partial charge in [-0.3, -0.25) is 15.3 Å². The van der Waals surface area contributed by atoms with E-state index in [9.17, 15) is 20.5 Å². The summed E-state index contributed by atoms with van der Waals surface area (Å²) in [7, 11) is 0. The molecule has 27 heavy (non-hydrogen) atoms. The summed E-state index contributed by atoms with van der Waals surface area (Å²) in [5, 5.41) is 42.4. The van der Waals surface area contributed by atoms with Gasteiger partial charge < -0.3 is 25.4 Å². The molecular formula is C16H18N6O5. The number of nitrogens with one attached hydrogen (secondary N) is 2. The number of aliphatic hydroxyl groups is 3. The minimum Gasteiger partial charge on any atom is -0.394 e. The van der Waals surface area contributed by atoms with E-state index in [0.717, 1.165) is 0 Å². The molecule has 0 radical (unpaired) electrons. The molecule has 0 bridgehead atoms. The van der Waals surface area contributed by atoms with E-state index in [0.29, 0.717) is 11.5 Å². The summed E-state index contributed by atoms with van der Waals surface area (Å²) in [6, 6.07) is 0. The van der Waals surface area contributed by atoms with E-state index in [-0.39, 0.29) is 17.0 Å². The summed E-state index contributed by atoms with van der Waals surface area (Å²) in [5.41, 5.74) is 3.05. The second kappa shape index (κ2) is 7.06. The van der Waals surface area contributed by atoms with Gasteiger partial charge in [-0.05, 0) is 12.2 Å². The van der Waals surface area contributed by atoms with Crippen LogP contribution < -0.4 is 10.8 Å². The number of hydrogen-bond donors (Lipinski definition) is 6. The average molecular weight is 374 g/mol. The minimum absolute atomic E-state index is 0.0760. The van der Waals surface area contributed by atoms with Gasteiger partial charge in [0.1, 0.15) is 24.6 Å². The smallest absolute Gasteiger partial charge is 0.181 e. The highest BCUT2D eigenvalue weighted by Gasteiger charge is 2.45.